The van der Waals surface area contributed by atoms with Crippen molar-refractivity contribution < 1.29 is 14.2 Å². The monoisotopic (exact) mass is 281 g/mol. The van der Waals surface area contributed by atoms with Crippen LogP contribution in [-0.4, -0.2) is 46.7 Å². The van der Waals surface area contributed by atoms with Crippen LogP contribution >= 0.6 is 0 Å². The number of rotatable bonds is 11. The molecule has 1 aromatic rings. The average Bonchev–Trinajstić information content (AvgIpc) is 2.45. The molecule has 0 bridgehead atoms. The van der Waals surface area contributed by atoms with Gasteiger partial charge in [0.05, 0.1) is 33.0 Å². The van der Waals surface area contributed by atoms with Gasteiger partial charge in [0.25, 0.3) is 0 Å². The van der Waals surface area contributed by atoms with E-state index in [0.717, 1.165) is 6.54 Å². The zero-order valence-corrected chi connectivity index (χ0v) is 12.9. The molecule has 4 nitrogen and oxygen atoms in total. The summed E-state index contributed by atoms with van der Waals surface area (Å²) in [5, 5.41) is 3.45. The van der Waals surface area contributed by atoms with E-state index in [2.05, 4.69) is 43.4 Å². The summed E-state index contributed by atoms with van der Waals surface area (Å²) in [5.74, 6) is 0. The van der Waals surface area contributed by atoms with Crippen LogP contribution in [0.2, 0.25) is 0 Å². The lowest BCUT2D eigenvalue weighted by Gasteiger charge is -2.15. The van der Waals surface area contributed by atoms with Gasteiger partial charge in [-0.3, -0.25) is 0 Å². The molecular formula is C16H27NO3. The standard InChI is InChI=1S/C16H27NO3/c1-14-5-4-6-16(13-14)15(2)17-7-8-19-11-12-20-10-9-18-3/h4-6,13,15,17H,7-12H2,1-3H3/t15-/m0/s1. The first kappa shape index (κ1) is 17.1. The van der Waals surface area contributed by atoms with Crippen LogP contribution in [0.15, 0.2) is 24.3 Å². The van der Waals surface area contributed by atoms with Crippen molar-refractivity contribution in [3.05, 3.63) is 35.4 Å². The number of aryl methyl sites for hydroxylation is 1. The zero-order valence-electron chi connectivity index (χ0n) is 12.9. The zero-order chi connectivity index (χ0) is 14.6. The normalized spacial score (nSPS) is 12.6. The van der Waals surface area contributed by atoms with Gasteiger partial charge in [-0.05, 0) is 19.4 Å². The van der Waals surface area contributed by atoms with Gasteiger partial charge in [-0.25, -0.2) is 0 Å². The molecule has 0 aromatic heterocycles. The Morgan fingerprint density at radius 1 is 1.05 bits per heavy atom. The highest BCUT2D eigenvalue weighted by molar-refractivity contribution is 5.24. The highest BCUT2D eigenvalue weighted by Crippen LogP contribution is 2.13. The largest absolute Gasteiger partial charge is 0.382 e. The van der Waals surface area contributed by atoms with Crippen molar-refractivity contribution >= 4 is 0 Å². The first-order valence-electron chi connectivity index (χ1n) is 7.18. The summed E-state index contributed by atoms with van der Waals surface area (Å²) in [5.41, 5.74) is 2.61. The van der Waals surface area contributed by atoms with Crippen LogP contribution in [0.3, 0.4) is 0 Å². The van der Waals surface area contributed by atoms with E-state index >= 15 is 0 Å². The third-order valence-corrected chi connectivity index (χ3v) is 3.04. The molecule has 0 saturated carbocycles. The number of benzene rings is 1. The highest BCUT2D eigenvalue weighted by Gasteiger charge is 2.03. The van der Waals surface area contributed by atoms with Gasteiger partial charge in [0.15, 0.2) is 0 Å². The van der Waals surface area contributed by atoms with E-state index in [-0.39, 0.29) is 0 Å². The Kier molecular flexibility index (Phi) is 9.24. The summed E-state index contributed by atoms with van der Waals surface area (Å²) in [6, 6.07) is 8.91. The molecule has 1 atom stereocenters. The second-order valence-corrected chi connectivity index (χ2v) is 4.81. The lowest BCUT2D eigenvalue weighted by molar-refractivity contribution is 0.0253. The summed E-state index contributed by atoms with van der Waals surface area (Å²) >= 11 is 0. The summed E-state index contributed by atoms with van der Waals surface area (Å²) < 4.78 is 15.7. The molecule has 0 radical (unpaired) electrons. The number of hydrogen-bond donors (Lipinski definition) is 1. The van der Waals surface area contributed by atoms with Gasteiger partial charge >= 0.3 is 0 Å². The molecule has 1 aromatic carbocycles. The highest BCUT2D eigenvalue weighted by atomic mass is 16.5. The molecule has 1 N–H and O–H groups in total. The van der Waals surface area contributed by atoms with Crippen LogP contribution in [0.5, 0.6) is 0 Å². The summed E-state index contributed by atoms with van der Waals surface area (Å²) in [6.45, 7) is 8.33. The fourth-order valence-corrected chi connectivity index (χ4v) is 1.87. The third-order valence-electron chi connectivity index (χ3n) is 3.04. The van der Waals surface area contributed by atoms with Crippen LogP contribution in [-0.2, 0) is 14.2 Å². The molecule has 0 spiro atoms. The predicted octanol–water partition coefficient (Wildman–Crippen LogP) is 2.33. The summed E-state index contributed by atoms with van der Waals surface area (Å²) in [7, 11) is 1.67. The molecule has 4 heteroatoms. The minimum atomic E-state index is 0.344. The van der Waals surface area contributed by atoms with Crippen molar-refractivity contribution in [3.8, 4) is 0 Å². The maximum absolute atomic E-state index is 5.50. The summed E-state index contributed by atoms with van der Waals surface area (Å²) in [4.78, 5) is 0. The van der Waals surface area contributed by atoms with E-state index in [9.17, 15) is 0 Å². The van der Waals surface area contributed by atoms with Crippen molar-refractivity contribution in [1.82, 2.24) is 5.32 Å². The van der Waals surface area contributed by atoms with Gasteiger partial charge in [0, 0.05) is 19.7 Å². The lowest BCUT2D eigenvalue weighted by atomic mass is 10.1. The molecule has 1 rings (SSSR count). The molecule has 0 aliphatic heterocycles. The molecule has 20 heavy (non-hydrogen) atoms. The Morgan fingerprint density at radius 3 is 2.45 bits per heavy atom. The van der Waals surface area contributed by atoms with E-state index in [1.807, 2.05) is 0 Å². The number of methoxy groups -OCH3 is 1. The van der Waals surface area contributed by atoms with Crippen molar-refractivity contribution in [3.63, 3.8) is 0 Å². The fraction of sp³-hybridized carbons (Fsp3) is 0.625. The Hall–Kier alpha value is -0.940. The molecule has 0 aliphatic rings. The number of hydrogen-bond acceptors (Lipinski definition) is 4. The molecule has 0 heterocycles. The second-order valence-electron chi connectivity index (χ2n) is 4.81. The first-order chi connectivity index (χ1) is 9.74. The Bertz CT molecular complexity index is 357. The van der Waals surface area contributed by atoms with Crippen LogP contribution in [0.25, 0.3) is 0 Å². The van der Waals surface area contributed by atoms with Gasteiger partial charge in [0.1, 0.15) is 0 Å². The minimum absolute atomic E-state index is 0.344. The Labute approximate surface area is 122 Å². The van der Waals surface area contributed by atoms with Crippen molar-refractivity contribution in [1.29, 1.82) is 0 Å². The van der Waals surface area contributed by atoms with Gasteiger partial charge in [-0.1, -0.05) is 29.8 Å². The van der Waals surface area contributed by atoms with Gasteiger partial charge in [-0.2, -0.15) is 0 Å². The van der Waals surface area contributed by atoms with E-state index in [0.29, 0.717) is 39.1 Å². The Morgan fingerprint density at radius 2 is 1.75 bits per heavy atom. The molecule has 0 unspecified atom stereocenters. The molecule has 0 fully saturated rings. The first-order valence-corrected chi connectivity index (χ1v) is 7.18. The van der Waals surface area contributed by atoms with Crippen LogP contribution in [0.1, 0.15) is 24.1 Å². The SMILES string of the molecule is COCCOCCOCCN[C@@H](C)c1cccc(C)c1. The maximum atomic E-state index is 5.50. The smallest absolute Gasteiger partial charge is 0.0701 e. The summed E-state index contributed by atoms with van der Waals surface area (Å²) in [6.07, 6.45) is 0. The van der Waals surface area contributed by atoms with E-state index in [1.165, 1.54) is 11.1 Å². The lowest BCUT2D eigenvalue weighted by Crippen LogP contribution is -2.24. The second kappa shape index (κ2) is 10.8. The number of ether oxygens (including phenoxy) is 3. The molecular weight excluding hydrogens is 254 g/mol. The third kappa shape index (κ3) is 7.60. The topological polar surface area (TPSA) is 39.7 Å². The van der Waals surface area contributed by atoms with Gasteiger partial charge in [-0.15, -0.1) is 0 Å². The van der Waals surface area contributed by atoms with E-state index in [4.69, 9.17) is 14.2 Å². The van der Waals surface area contributed by atoms with Crippen molar-refractivity contribution in [2.75, 3.05) is 46.7 Å². The van der Waals surface area contributed by atoms with Crippen LogP contribution < -0.4 is 5.32 Å². The molecule has 0 amide bonds. The quantitative estimate of drug-likeness (QED) is 0.632. The Balaban J connectivity index is 2.01. The van der Waals surface area contributed by atoms with Crippen molar-refractivity contribution in [2.24, 2.45) is 0 Å². The molecule has 0 aliphatic carbocycles. The number of nitrogens with one attached hydrogen (secondary N) is 1. The van der Waals surface area contributed by atoms with E-state index < -0.39 is 0 Å². The predicted molar refractivity (Wildman–Crippen MR) is 81.1 cm³/mol. The van der Waals surface area contributed by atoms with Crippen molar-refractivity contribution in [2.45, 2.75) is 19.9 Å². The van der Waals surface area contributed by atoms with Crippen LogP contribution in [0.4, 0.5) is 0 Å². The van der Waals surface area contributed by atoms with Gasteiger partial charge in [0.2, 0.25) is 0 Å². The molecule has 114 valence electrons. The minimum Gasteiger partial charge on any atom is -0.382 e. The van der Waals surface area contributed by atoms with Crippen LogP contribution in [0, 0.1) is 6.92 Å². The van der Waals surface area contributed by atoms with E-state index in [1.54, 1.807) is 7.11 Å². The maximum Gasteiger partial charge on any atom is 0.0701 e. The average molecular weight is 281 g/mol. The van der Waals surface area contributed by atoms with Gasteiger partial charge < -0.3 is 19.5 Å². The molecule has 0 saturated heterocycles. The fourth-order valence-electron chi connectivity index (χ4n) is 1.87.